The van der Waals surface area contributed by atoms with E-state index in [4.69, 9.17) is 0 Å². The first-order chi connectivity index (χ1) is 13.3. The summed E-state index contributed by atoms with van der Waals surface area (Å²) < 4.78 is 41.4. The molecule has 1 N–H and O–H groups in total. The van der Waals surface area contributed by atoms with Crippen molar-refractivity contribution in [1.29, 1.82) is 0 Å². The van der Waals surface area contributed by atoms with E-state index in [-0.39, 0.29) is 10.5 Å². The van der Waals surface area contributed by atoms with Crippen LogP contribution in [0.5, 0.6) is 0 Å². The highest BCUT2D eigenvalue weighted by atomic mass is 32.2. The molecule has 0 bridgehead atoms. The van der Waals surface area contributed by atoms with Crippen LogP contribution in [0.25, 0.3) is 0 Å². The van der Waals surface area contributed by atoms with Gasteiger partial charge in [0.25, 0.3) is 5.91 Å². The standard InChI is InChI=1S/C21H25FN2O3S/c1-3-16-4-6-17(7-5-16)23-21(25)19-14-18(8-9-20(19)22)28(26,27)24-12-10-15(2)11-13-24/h4-9,14-15H,3,10-13H2,1-2H3,(H,23,25). The number of rotatable bonds is 5. The number of piperidine rings is 1. The summed E-state index contributed by atoms with van der Waals surface area (Å²) in [6.07, 6.45) is 2.46. The summed E-state index contributed by atoms with van der Waals surface area (Å²) in [5.74, 6) is -0.944. The fourth-order valence-electron chi connectivity index (χ4n) is 3.24. The zero-order chi connectivity index (χ0) is 20.3. The summed E-state index contributed by atoms with van der Waals surface area (Å²) in [5.41, 5.74) is 1.36. The molecule has 0 radical (unpaired) electrons. The van der Waals surface area contributed by atoms with E-state index < -0.39 is 21.7 Å². The maximum absolute atomic E-state index is 14.3. The van der Waals surface area contributed by atoms with Crippen LogP contribution in [0.2, 0.25) is 0 Å². The summed E-state index contributed by atoms with van der Waals surface area (Å²) in [4.78, 5) is 12.5. The molecule has 0 aromatic heterocycles. The van der Waals surface area contributed by atoms with E-state index in [2.05, 4.69) is 12.2 Å². The summed E-state index contributed by atoms with van der Waals surface area (Å²) >= 11 is 0. The average molecular weight is 405 g/mol. The van der Waals surface area contributed by atoms with Crippen LogP contribution in [0, 0.1) is 11.7 Å². The van der Waals surface area contributed by atoms with Gasteiger partial charge in [0, 0.05) is 18.8 Å². The normalized spacial score (nSPS) is 16.1. The largest absolute Gasteiger partial charge is 0.322 e. The van der Waals surface area contributed by atoms with Crippen molar-refractivity contribution in [2.75, 3.05) is 18.4 Å². The molecule has 1 aliphatic heterocycles. The number of aryl methyl sites for hydroxylation is 1. The first-order valence-corrected chi connectivity index (χ1v) is 10.9. The molecule has 1 saturated heterocycles. The second-order valence-corrected chi connectivity index (χ2v) is 9.17. The predicted molar refractivity (Wildman–Crippen MR) is 107 cm³/mol. The van der Waals surface area contributed by atoms with E-state index in [9.17, 15) is 17.6 Å². The lowest BCUT2D eigenvalue weighted by Gasteiger charge is -2.29. The first-order valence-electron chi connectivity index (χ1n) is 9.51. The fourth-order valence-corrected chi connectivity index (χ4v) is 4.73. The summed E-state index contributed by atoms with van der Waals surface area (Å²) in [7, 11) is -3.75. The van der Waals surface area contributed by atoms with Gasteiger partial charge in [0.15, 0.2) is 0 Å². The van der Waals surface area contributed by atoms with E-state index in [1.807, 2.05) is 19.1 Å². The van der Waals surface area contributed by atoms with Gasteiger partial charge in [0.1, 0.15) is 5.82 Å². The monoisotopic (exact) mass is 404 g/mol. The van der Waals surface area contributed by atoms with Crippen molar-refractivity contribution in [3.8, 4) is 0 Å². The topological polar surface area (TPSA) is 66.5 Å². The highest BCUT2D eigenvalue weighted by Crippen LogP contribution is 2.25. The average Bonchev–Trinajstić information content (AvgIpc) is 2.69. The molecule has 0 saturated carbocycles. The zero-order valence-electron chi connectivity index (χ0n) is 16.1. The van der Waals surface area contributed by atoms with Crippen molar-refractivity contribution in [3.63, 3.8) is 0 Å². The maximum atomic E-state index is 14.3. The number of amides is 1. The SMILES string of the molecule is CCc1ccc(NC(=O)c2cc(S(=O)(=O)N3CCC(C)CC3)ccc2F)cc1. The van der Waals surface area contributed by atoms with Gasteiger partial charge in [-0.05, 0) is 61.1 Å². The summed E-state index contributed by atoms with van der Waals surface area (Å²) in [6, 6.07) is 10.6. The van der Waals surface area contributed by atoms with Crippen LogP contribution in [-0.2, 0) is 16.4 Å². The molecule has 7 heteroatoms. The van der Waals surface area contributed by atoms with Crippen LogP contribution in [0.15, 0.2) is 47.4 Å². The van der Waals surface area contributed by atoms with Crippen molar-refractivity contribution in [1.82, 2.24) is 4.31 Å². The van der Waals surface area contributed by atoms with Gasteiger partial charge >= 0.3 is 0 Å². The van der Waals surface area contributed by atoms with Gasteiger partial charge in [-0.2, -0.15) is 4.31 Å². The van der Waals surface area contributed by atoms with Crippen molar-refractivity contribution in [2.24, 2.45) is 5.92 Å². The molecular weight excluding hydrogens is 379 g/mol. The molecule has 5 nitrogen and oxygen atoms in total. The van der Waals surface area contributed by atoms with Crippen molar-refractivity contribution in [3.05, 3.63) is 59.4 Å². The molecule has 150 valence electrons. The Morgan fingerprint density at radius 2 is 1.79 bits per heavy atom. The lowest BCUT2D eigenvalue weighted by atomic mass is 10.0. The minimum absolute atomic E-state index is 0.0602. The Balaban J connectivity index is 1.83. The Morgan fingerprint density at radius 3 is 2.39 bits per heavy atom. The highest BCUT2D eigenvalue weighted by molar-refractivity contribution is 7.89. The molecule has 1 amide bonds. The van der Waals surface area contributed by atoms with Gasteiger partial charge in [0.2, 0.25) is 10.0 Å². The Hall–Kier alpha value is -2.25. The van der Waals surface area contributed by atoms with E-state index in [1.165, 1.54) is 10.4 Å². The molecule has 3 rings (SSSR count). The van der Waals surface area contributed by atoms with E-state index >= 15 is 0 Å². The molecule has 2 aromatic carbocycles. The van der Waals surface area contributed by atoms with Crippen LogP contribution >= 0.6 is 0 Å². The summed E-state index contributed by atoms with van der Waals surface area (Å²) in [5, 5.41) is 2.63. The Bertz CT molecular complexity index is 950. The van der Waals surface area contributed by atoms with Gasteiger partial charge in [-0.15, -0.1) is 0 Å². The number of nitrogens with one attached hydrogen (secondary N) is 1. The van der Waals surface area contributed by atoms with Crippen LogP contribution in [0.4, 0.5) is 10.1 Å². The number of halogens is 1. The first kappa shape index (κ1) is 20.5. The molecule has 0 aliphatic carbocycles. The minimum Gasteiger partial charge on any atom is -0.322 e. The lowest BCUT2D eigenvalue weighted by molar-refractivity contribution is 0.102. The number of hydrogen-bond acceptors (Lipinski definition) is 3. The predicted octanol–water partition coefficient (Wildman–Crippen LogP) is 4.06. The van der Waals surface area contributed by atoms with Gasteiger partial charge in [-0.3, -0.25) is 4.79 Å². The number of nitrogens with zero attached hydrogens (tertiary/aromatic N) is 1. The highest BCUT2D eigenvalue weighted by Gasteiger charge is 2.29. The smallest absolute Gasteiger partial charge is 0.258 e. The van der Waals surface area contributed by atoms with Crippen molar-refractivity contribution >= 4 is 21.6 Å². The van der Waals surface area contributed by atoms with Gasteiger partial charge in [-0.1, -0.05) is 26.0 Å². The Kier molecular flexibility index (Phi) is 6.15. The number of hydrogen-bond donors (Lipinski definition) is 1. The molecular formula is C21H25FN2O3S. The van der Waals surface area contributed by atoms with Crippen molar-refractivity contribution < 1.29 is 17.6 Å². The number of sulfonamides is 1. The van der Waals surface area contributed by atoms with Gasteiger partial charge in [0.05, 0.1) is 10.5 Å². The van der Waals surface area contributed by atoms with E-state index in [0.29, 0.717) is 24.7 Å². The molecule has 2 aromatic rings. The maximum Gasteiger partial charge on any atom is 0.258 e. The second-order valence-electron chi connectivity index (χ2n) is 7.23. The van der Waals surface area contributed by atoms with Crippen LogP contribution in [0.3, 0.4) is 0 Å². The second kappa shape index (κ2) is 8.41. The summed E-state index contributed by atoms with van der Waals surface area (Å²) in [6.45, 7) is 4.99. The van der Waals surface area contributed by atoms with Gasteiger partial charge < -0.3 is 5.32 Å². The van der Waals surface area contributed by atoms with Crippen LogP contribution < -0.4 is 5.32 Å². The number of carbonyl (C=O) groups is 1. The Morgan fingerprint density at radius 1 is 1.14 bits per heavy atom. The molecule has 1 heterocycles. The number of benzene rings is 2. The van der Waals surface area contributed by atoms with E-state index in [1.54, 1.807) is 12.1 Å². The van der Waals surface area contributed by atoms with Gasteiger partial charge in [-0.25, -0.2) is 12.8 Å². The zero-order valence-corrected chi connectivity index (χ0v) is 16.9. The molecule has 1 fully saturated rings. The Labute approximate surface area is 165 Å². The van der Waals surface area contributed by atoms with Crippen LogP contribution in [0.1, 0.15) is 42.6 Å². The fraction of sp³-hybridized carbons (Fsp3) is 0.381. The third kappa shape index (κ3) is 4.42. The number of anilines is 1. The third-order valence-corrected chi connectivity index (χ3v) is 7.08. The van der Waals surface area contributed by atoms with E-state index in [0.717, 1.165) is 37.0 Å². The third-order valence-electron chi connectivity index (χ3n) is 5.18. The van der Waals surface area contributed by atoms with Crippen LogP contribution in [-0.4, -0.2) is 31.7 Å². The quantitative estimate of drug-likeness (QED) is 0.817. The molecule has 1 aliphatic rings. The lowest BCUT2D eigenvalue weighted by Crippen LogP contribution is -2.38. The molecule has 28 heavy (non-hydrogen) atoms. The number of carbonyl (C=O) groups excluding carboxylic acids is 1. The van der Waals surface area contributed by atoms with Crippen molar-refractivity contribution in [2.45, 2.75) is 38.0 Å². The molecule has 0 atom stereocenters. The molecule has 0 spiro atoms. The molecule has 0 unspecified atom stereocenters. The minimum atomic E-state index is -3.75.